The third-order valence-corrected chi connectivity index (χ3v) is 5.48. The van der Waals surface area contributed by atoms with Crippen molar-refractivity contribution in [2.75, 3.05) is 14.1 Å². The molecule has 8 heteroatoms. The minimum atomic E-state index is -0.653. The van der Waals surface area contributed by atoms with Crippen LogP contribution < -0.4 is 0 Å². The minimum absolute atomic E-state index is 0.111. The summed E-state index contributed by atoms with van der Waals surface area (Å²) < 4.78 is 0. The van der Waals surface area contributed by atoms with Crippen LogP contribution in [0.25, 0.3) is 0 Å². The lowest BCUT2D eigenvalue weighted by molar-refractivity contribution is -0.149. The van der Waals surface area contributed by atoms with Crippen LogP contribution in [0.2, 0.25) is 0 Å². The van der Waals surface area contributed by atoms with E-state index >= 15 is 0 Å². The number of alkyl halides is 4. The van der Waals surface area contributed by atoms with Crippen LogP contribution in [0.1, 0.15) is 20.3 Å². The maximum atomic E-state index is 12.5. The molecule has 22 heavy (non-hydrogen) atoms. The van der Waals surface area contributed by atoms with Gasteiger partial charge in [-0.2, -0.15) is 0 Å². The van der Waals surface area contributed by atoms with E-state index in [4.69, 9.17) is 46.4 Å². The highest BCUT2D eigenvalue weighted by atomic mass is 35.5. The lowest BCUT2D eigenvalue weighted by atomic mass is 9.97. The number of rotatable bonds is 5. The van der Waals surface area contributed by atoms with Crippen molar-refractivity contribution in [2.24, 2.45) is 11.8 Å². The normalized spacial score (nSPS) is 24.6. The summed E-state index contributed by atoms with van der Waals surface area (Å²) in [6.45, 7) is 3.62. The van der Waals surface area contributed by atoms with Crippen molar-refractivity contribution in [3.63, 3.8) is 0 Å². The molecule has 1 aliphatic heterocycles. The molecule has 0 saturated carbocycles. The maximum Gasteiger partial charge on any atom is 0.270 e. The zero-order valence-electron chi connectivity index (χ0n) is 12.9. The monoisotopic (exact) mass is 388 g/mol. The van der Waals surface area contributed by atoms with E-state index in [0.717, 1.165) is 0 Å². The molecule has 1 rings (SSSR count). The smallest absolute Gasteiger partial charge is 0.270 e. The van der Waals surface area contributed by atoms with Crippen LogP contribution >= 0.6 is 46.4 Å². The molecule has 4 nitrogen and oxygen atoms in total. The van der Waals surface area contributed by atoms with Crippen molar-refractivity contribution in [3.05, 3.63) is 11.8 Å². The molecule has 1 heterocycles. The molecule has 2 amide bonds. The fourth-order valence-electron chi connectivity index (χ4n) is 2.19. The first-order valence-corrected chi connectivity index (χ1v) is 8.65. The van der Waals surface area contributed by atoms with Crippen molar-refractivity contribution < 1.29 is 9.59 Å². The molecule has 0 spiro atoms. The number of amides is 2. The second-order valence-electron chi connectivity index (χ2n) is 5.62. The van der Waals surface area contributed by atoms with Gasteiger partial charge in [0.25, 0.3) is 5.91 Å². The Bertz CT molecular complexity index is 468. The van der Waals surface area contributed by atoms with Gasteiger partial charge in [0.2, 0.25) is 5.91 Å². The Hall–Kier alpha value is -0.160. The predicted molar refractivity (Wildman–Crippen MR) is 91.3 cm³/mol. The Morgan fingerprint density at radius 1 is 1.09 bits per heavy atom. The van der Waals surface area contributed by atoms with E-state index in [-0.39, 0.29) is 29.3 Å². The molecular weight excluding hydrogens is 370 g/mol. The number of nitrogens with zero attached hydrogens (tertiary/aromatic N) is 2. The molecule has 0 aromatic carbocycles. The van der Waals surface area contributed by atoms with Gasteiger partial charge in [-0.15, -0.1) is 46.4 Å². The molecule has 1 fully saturated rings. The Balaban J connectivity index is 3.02. The number of hydrogen-bond acceptors (Lipinski definition) is 2. The largest absolute Gasteiger partial charge is 0.328 e. The van der Waals surface area contributed by atoms with E-state index in [2.05, 4.69) is 0 Å². The number of allylic oxidation sites excluding steroid dienone is 1. The number of hydrogen-bond donors (Lipinski definition) is 0. The number of piperazine rings is 1. The second kappa shape index (κ2) is 8.09. The molecule has 3 atom stereocenters. The van der Waals surface area contributed by atoms with Gasteiger partial charge >= 0.3 is 0 Å². The number of carbonyl (C=O) groups excluding carboxylic acids is 2. The average Bonchev–Trinajstić information content (AvgIpc) is 2.45. The van der Waals surface area contributed by atoms with Crippen molar-refractivity contribution in [1.29, 1.82) is 0 Å². The van der Waals surface area contributed by atoms with Gasteiger partial charge in [-0.05, 0) is 18.4 Å². The number of carbonyl (C=O) groups is 2. The van der Waals surface area contributed by atoms with E-state index < -0.39 is 15.7 Å². The third-order valence-electron chi connectivity index (χ3n) is 3.83. The van der Waals surface area contributed by atoms with Crippen molar-refractivity contribution >= 4 is 58.2 Å². The third kappa shape index (κ3) is 4.44. The van der Waals surface area contributed by atoms with Crippen LogP contribution in [0.5, 0.6) is 0 Å². The highest BCUT2D eigenvalue weighted by Crippen LogP contribution is 2.28. The zero-order chi connectivity index (χ0) is 17.2. The van der Waals surface area contributed by atoms with E-state index in [9.17, 15) is 9.59 Å². The van der Waals surface area contributed by atoms with Crippen LogP contribution in [-0.2, 0) is 9.59 Å². The fraction of sp³-hybridized carbons (Fsp3) is 0.714. The molecule has 0 N–H and O–H groups in total. The second-order valence-corrected chi connectivity index (χ2v) is 7.95. The Kier molecular flexibility index (Phi) is 7.31. The van der Waals surface area contributed by atoms with Crippen LogP contribution in [0.4, 0.5) is 0 Å². The summed E-state index contributed by atoms with van der Waals surface area (Å²) in [6.07, 6.45) is 2.02. The van der Waals surface area contributed by atoms with Gasteiger partial charge in [-0.25, -0.2) is 0 Å². The molecule has 1 saturated heterocycles. The molecule has 0 aromatic heterocycles. The van der Waals surface area contributed by atoms with Gasteiger partial charge in [0.05, 0.1) is 0 Å². The SMILES string of the molecule is CC(C=C1C(=O)N(C)C(CC(C)C(Cl)Cl)C(=O)N1C)C(Cl)Cl. The lowest BCUT2D eigenvalue weighted by Crippen LogP contribution is -2.56. The topological polar surface area (TPSA) is 40.6 Å². The summed E-state index contributed by atoms with van der Waals surface area (Å²) in [6, 6.07) is -0.581. The highest BCUT2D eigenvalue weighted by Gasteiger charge is 2.40. The Morgan fingerprint density at radius 3 is 2.09 bits per heavy atom. The van der Waals surface area contributed by atoms with E-state index in [0.29, 0.717) is 6.42 Å². The van der Waals surface area contributed by atoms with Gasteiger partial charge in [-0.1, -0.05) is 13.8 Å². The standard InChI is InChI=1S/C14H20Cl4N2O2/c1-7(11(15)16)5-9-13(21)20(4)10(14(22)19(9)3)6-8(2)12(17)18/h5,7-8,10-12H,6H2,1-4H3. The average molecular weight is 390 g/mol. The van der Waals surface area contributed by atoms with E-state index in [1.807, 2.05) is 6.92 Å². The van der Waals surface area contributed by atoms with Crippen molar-refractivity contribution in [2.45, 2.75) is 36.0 Å². The Labute approximate surface area is 151 Å². The highest BCUT2D eigenvalue weighted by molar-refractivity contribution is 6.44. The van der Waals surface area contributed by atoms with Crippen LogP contribution in [0.3, 0.4) is 0 Å². The first-order valence-electron chi connectivity index (χ1n) is 6.90. The van der Waals surface area contributed by atoms with Gasteiger partial charge < -0.3 is 9.80 Å². The minimum Gasteiger partial charge on any atom is -0.328 e. The molecule has 0 bridgehead atoms. The van der Waals surface area contributed by atoms with Gasteiger partial charge in [-0.3, -0.25) is 9.59 Å². The summed E-state index contributed by atoms with van der Waals surface area (Å²) in [5.41, 5.74) is 0.281. The molecule has 1 aliphatic rings. The van der Waals surface area contributed by atoms with Crippen molar-refractivity contribution in [1.82, 2.24) is 9.80 Å². The van der Waals surface area contributed by atoms with Crippen LogP contribution in [-0.4, -0.2) is 51.4 Å². The Morgan fingerprint density at radius 2 is 1.64 bits per heavy atom. The van der Waals surface area contributed by atoms with E-state index in [1.165, 1.54) is 9.80 Å². The quantitative estimate of drug-likeness (QED) is 0.533. The first-order chi connectivity index (χ1) is 10.1. The molecule has 0 aromatic rings. The predicted octanol–water partition coefficient (Wildman–Crippen LogP) is 3.44. The molecule has 126 valence electrons. The summed E-state index contributed by atoms with van der Waals surface area (Å²) in [4.78, 5) is 26.6. The summed E-state index contributed by atoms with van der Waals surface area (Å²) in [7, 11) is 3.17. The molecule has 0 radical (unpaired) electrons. The molecular formula is C14H20Cl4N2O2. The maximum absolute atomic E-state index is 12.5. The van der Waals surface area contributed by atoms with Gasteiger partial charge in [0.1, 0.15) is 21.4 Å². The van der Waals surface area contributed by atoms with Gasteiger partial charge in [0.15, 0.2) is 0 Å². The fourth-order valence-corrected chi connectivity index (χ4v) is 2.54. The summed E-state index contributed by atoms with van der Waals surface area (Å²) in [5.74, 6) is -0.792. The number of likely N-dealkylation sites (N-methyl/N-ethyl adjacent to an activating group) is 2. The summed E-state index contributed by atoms with van der Waals surface area (Å²) in [5, 5.41) is 0. The van der Waals surface area contributed by atoms with Crippen LogP contribution in [0.15, 0.2) is 11.8 Å². The van der Waals surface area contributed by atoms with E-state index in [1.54, 1.807) is 27.1 Å². The number of halogens is 4. The lowest BCUT2D eigenvalue weighted by Gasteiger charge is -2.39. The van der Waals surface area contributed by atoms with Gasteiger partial charge in [0, 0.05) is 20.0 Å². The molecule has 0 aliphatic carbocycles. The molecule has 3 unspecified atom stereocenters. The summed E-state index contributed by atoms with van der Waals surface area (Å²) >= 11 is 23.3. The first kappa shape index (κ1) is 19.9. The zero-order valence-corrected chi connectivity index (χ0v) is 15.9. The van der Waals surface area contributed by atoms with Crippen LogP contribution in [0, 0.1) is 11.8 Å². The van der Waals surface area contributed by atoms with Crippen molar-refractivity contribution in [3.8, 4) is 0 Å².